The van der Waals surface area contributed by atoms with E-state index in [9.17, 15) is 0 Å². The Morgan fingerprint density at radius 3 is 3.00 bits per heavy atom. The molecule has 0 radical (unpaired) electrons. The van der Waals surface area contributed by atoms with Crippen molar-refractivity contribution in [2.45, 2.75) is 31.6 Å². The molecule has 14 heavy (non-hydrogen) atoms. The van der Waals surface area contributed by atoms with E-state index in [0.29, 0.717) is 0 Å². The molecule has 76 valence electrons. The molecule has 0 bridgehead atoms. The summed E-state index contributed by atoms with van der Waals surface area (Å²) in [5.41, 5.74) is 8.98. The van der Waals surface area contributed by atoms with Gasteiger partial charge >= 0.3 is 0 Å². The molecule has 1 aliphatic carbocycles. The van der Waals surface area contributed by atoms with Crippen LogP contribution in [0.15, 0.2) is 22.7 Å². The second-order valence-electron chi connectivity index (χ2n) is 4.39. The van der Waals surface area contributed by atoms with Crippen molar-refractivity contribution in [2.75, 3.05) is 6.54 Å². The van der Waals surface area contributed by atoms with Crippen molar-refractivity contribution < 1.29 is 0 Å². The first kappa shape index (κ1) is 10.2. The maximum absolute atomic E-state index is 5.90. The van der Waals surface area contributed by atoms with Crippen molar-refractivity contribution in [1.29, 1.82) is 0 Å². The molecule has 1 nitrogen and oxygen atoms in total. The van der Waals surface area contributed by atoms with Gasteiger partial charge in [0.25, 0.3) is 0 Å². The first-order chi connectivity index (χ1) is 6.67. The van der Waals surface area contributed by atoms with Crippen molar-refractivity contribution in [3.8, 4) is 0 Å². The minimum Gasteiger partial charge on any atom is -0.330 e. The van der Waals surface area contributed by atoms with Gasteiger partial charge in [-0.05, 0) is 36.5 Å². The Hall–Kier alpha value is -0.340. The Balaban J connectivity index is 2.58. The van der Waals surface area contributed by atoms with Gasteiger partial charge in [0.15, 0.2) is 0 Å². The van der Waals surface area contributed by atoms with E-state index in [4.69, 9.17) is 5.73 Å². The minimum absolute atomic E-state index is 0.174. The molecule has 0 aliphatic heterocycles. The molecular formula is C12H16BrN. The van der Waals surface area contributed by atoms with E-state index >= 15 is 0 Å². The molecule has 1 atom stereocenters. The van der Waals surface area contributed by atoms with E-state index in [2.05, 4.69) is 41.1 Å². The Morgan fingerprint density at radius 1 is 1.50 bits per heavy atom. The van der Waals surface area contributed by atoms with E-state index in [1.165, 1.54) is 34.9 Å². The summed E-state index contributed by atoms with van der Waals surface area (Å²) < 4.78 is 1.22. The first-order valence-corrected chi connectivity index (χ1v) is 5.94. The minimum atomic E-state index is 0.174. The zero-order chi connectivity index (χ0) is 10.2. The SMILES string of the molecule is CC1(CN)CCCc2cccc(Br)c21. The zero-order valence-electron chi connectivity index (χ0n) is 8.52. The lowest BCUT2D eigenvalue weighted by Crippen LogP contribution is -2.35. The van der Waals surface area contributed by atoms with E-state index in [1.807, 2.05) is 0 Å². The average molecular weight is 254 g/mol. The van der Waals surface area contributed by atoms with Crippen LogP contribution in [0.1, 0.15) is 30.9 Å². The highest BCUT2D eigenvalue weighted by Gasteiger charge is 2.32. The molecule has 0 saturated carbocycles. The topological polar surface area (TPSA) is 26.0 Å². The second kappa shape index (κ2) is 3.67. The van der Waals surface area contributed by atoms with Gasteiger partial charge < -0.3 is 5.73 Å². The van der Waals surface area contributed by atoms with Crippen LogP contribution >= 0.6 is 15.9 Å². The van der Waals surface area contributed by atoms with Gasteiger partial charge in [-0.1, -0.05) is 35.0 Å². The summed E-state index contributed by atoms with van der Waals surface area (Å²) in [5.74, 6) is 0. The van der Waals surface area contributed by atoms with Gasteiger partial charge in [-0.2, -0.15) is 0 Å². The maximum atomic E-state index is 5.90. The van der Waals surface area contributed by atoms with Crippen LogP contribution in [0, 0.1) is 0 Å². The van der Waals surface area contributed by atoms with Crippen molar-refractivity contribution in [3.63, 3.8) is 0 Å². The normalized spacial score (nSPS) is 25.9. The molecule has 0 aromatic heterocycles. The van der Waals surface area contributed by atoms with Crippen LogP contribution in [0.25, 0.3) is 0 Å². The molecule has 0 saturated heterocycles. The third-order valence-electron chi connectivity index (χ3n) is 3.33. The van der Waals surface area contributed by atoms with E-state index < -0.39 is 0 Å². The summed E-state index contributed by atoms with van der Waals surface area (Å²) in [4.78, 5) is 0. The number of nitrogens with two attached hydrogens (primary N) is 1. The van der Waals surface area contributed by atoms with Crippen LogP contribution < -0.4 is 5.73 Å². The molecule has 1 unspecified atom stereocenters. The number of aryl methyl sites for hydroxylation is 1. The molecule has 1 aromatic carbocycles. The standard InChI is InChI=1S/C12H16BrN/c1-12(8-14)7-3-5-9-4-2-6-10(13)11(9)12/h2,4,6H,3,5,7-8,14H2,1H3. The van der Waals surface area contributed by atoms with Crippen molar-refractivity contribution >= 4 is 15.9 Å². The Bertz CT molecular complexity index is 348. The predicted octanol–water partition coefficient (Wildman–Crippen LogP) is 3.00. The third kappa shape index (κ3) is 1.51. The number of rotatable bonds is 1. The second-order valence-corrected chi connectivity index (χ2v) is 5.25. The predicted molar refractivity (Wildman–Crippen MR) is 63.5 cm³/mol. The summed E-state index contributed by atoms with van der Waals surface area (Å²) in [5, 5.41) is 0. The number of benzene rings is 1. The summed E-state index contributed by atoms with van der Waals surface area (Å²) in [6.07, 6.45) is 3.67. The molecule has 2 N–H and O–H groups in total. The lowest BCUT2D eigenvalue weighted by molar-refractivity contribution is 0.402. The third-order valence-corrected chi connectivity index (χ3v) is 3.99. The zero-order valence-corrected chi connectivity index (χ0v) is 10.1. The Labute approximate surface area is 93.8 Å². The molecule has 2 heteroatoms. The highest BCUT2D eigenvalue weighted by Crippen LogP contribution is 2.40. The fourth-order valence-electron chi connectivity index (χ4n) is 2.45. The first-order valence-electron chi connectivity index (χ1n) is 5.15. The summed E-state index contributed by atoms with van der Waals surface area (Å²) in [7, 11) is 0. The molecule has 0 fully saturated rings. The van der Waals surface area contributed by atoms with E-state index in [0.717, 1.165) is 6.54 Å². The molecule has 0 heterocycles. The number of halogens is 1. The van der Waals surface area contributed by atoms with Crippen LogP contribution in [-0.4, -0.2) is 6.54 Å². The number of hydrogen-bond donors (Lipinski definition) is 1. The fourth-order valence-corrected chi connectivity index (χ4v) is 3.34. The van der Waals surface area contributed by atoms with Gasteiger partial charge in [-0.25, -0.2) is 0 Å². The number of hydrogen-bond acceptors (Lipinski definition) is 1. The maximum Gasteiger partial charge on any atom is 0.0216 e. The van der Waals surface area contributed by atoms with Crippen molar-refractivity contribution in [3.05, 3.63) is 33.8 Å². The van der Waals surface area contributed by atoms with Crippen LogP contribution in [0.2, 0.25) is 0 Å². The van der Waals surface area contributed by atoms with Gasteiger partial charge in [0, 0.05) is 16.4 Å². The van der Waals surface area contributed by atoms with Crippen LogP contribution in [0.3, 0.4) is 0 Å². The molecule has 0 spiro atoms. The fraction of sp³-hybridized carbons (Fsp3) is 0.500. The van der Waals surface area contributed by atoms with Gasteiger partial charge in [0.1, 0.15) is 0 Å². The Morgan fingerprint density at radius 2 is 2.29 bits per heavy atom. The summed E-state index contributed by atoms with van der Waals surface area (Å²) in [6.45, 7) is 3.01. The van der Waals surface area contributed by atoms with Gasteiger partial charge in [0.2, 0.25) is 0 Å². The smallest absolute Gasteiger partial charge is 0.0216 e. The van der Waals surface area contributed by atoms with E-state index in [1.54, 1.807) is 0 Å². The molecule has 2 rings (SSSR count). The van der Waals surface area contributed by atoms with Crippen LogP contribution in [-0.2, 0) is 11.8 Å². The summed E-state index contributed by atoms with van der Waals surface area (Å²) >= 11 is 3.64. The highest BCUT2D eigenvalue weighted by atomic mass is 79.9. The van der Waals surface area contributed by atoms with Gasteiger partial charge in [-0.3, -0.25) is 0 Å². The monoisotopic (exact) mass is 253 g/mol. The quantitative estimate of drug-likeness (QED) is 0.819. The highest BCUT2D eigenvalue weighted by molar-refractivity contribution is 9.10. The lowest BCUT2D eigenvalue weighted by Gasteiger charge is -2.35. The van der Waals surface area contributed by atoms with E-state index in [-0.39, 0.29) is 5.41 Å². The molecule has 0 amide bonds. The van der Waals surface area contributed by atoms with Crippen molar-refractivity contribution in [1.82, 2.24) is 0 Å². The summed E-state index contributed by atoms with van der Waals surface area (Å²) in [6, 6.07) is 6.47. The Kier molecular flexibility index (Phi) is 2.67. The van der Waals surface area contributed by atoms with Crippen LogP contribution in [0.4, 0.5) is 0 Å². The largest absolute Gasteiger partial charge is 0.330 e. The molecular weight excluding hydrogens is 238 g/mol. The van der Waals surface area contributed by atoms with Gasteiger partial charge in [-0.15, -0.1) is 0 Å². The average Bonchev–Trinajstić information content (AvgIpc) is 2.18. The van der Waals surface area contributed by atoms with Crippen molar-refractivity contribution in [2.24, 2.45) is 5.73 Å². The number of fused-ring (bicyclic) bond motifs is 1. The molecule has 1 aliphatic rings. The van der Waals surface area contributed by atoms with Gasteiger partial charge in [0.05, 0.1) is 0 Å². The van der Waals surface area contributed by atoms with Crippen LogP contribution in [0.5, 0.6) is 0 Å². The molecule has 1 aromatic rings. The lowest BCUT2D eigenvalue weighted by atomic mass is 9.71.